The molecule has 1 aliphatic rings. The van der Waals surface area contributed by atoms with E-state index in [9.17, 15) is 4.79 Å². The highest BCUT2D eigenvalue weighted by Gasteiger charge is 2.25. The van der Waals surface area contributed by atoms with Gasteiger partial charge in [0, 0.05) is 5.38 Å². The van der Waals surface area contributed by atoms with Gasteiger partial charge < -0.3 is 5.32 Å². The van der Waals surface area contributed by atoms with E-state index in [0.29, 0.717) is 5.69 Å². The number of hydrogen-bond donors (Lipinski definition) is 1. The molecule has 0 saturated heterocycles. The zero-order valence-electron chi connectivity index (χ0n) is 9.43. The minimum atomic E-state index is -0.399. The fourth-order valence-electron chi connectivity index (χ4n) is 2.20. The number of carbonyl (C=O) groups is 1. The highest BCUT2D eigenvalue weighted by molar-refractivity contribution is 7.03. The Morgan fingerprint density at radius 2 is 2.29 bits per heavy atom. The number of nitrogens with zero attached hydrogens (tertiary/aromatic N) is 3. The molecule has 1 fully saturated rings. The summed E-state index contributed by atoms with van der Waals surface area (Å²) in [7, 11) is 0. The third kappa shape index (κ3) is 3.01. The van der Waals surface area contributed by atoms with Crippen LogP contribution in [0.5, 0.6) is 0 Å². The molecule has 1 atom stereocenters. The molecule has 1 amide bonds. The van der Waals surface area contributed by atoms with Gasteiger partial charge in [0.1, 0.15) is 6.04 Å². The minimum absolute atomic E-state index is 0.282. The Labute approximate surface area is 104 Å². The largest absolute Gasteiger partial charge is 0.335 e. The van der Waals surface area contributed by atoms with E-state index in [-0.39, 0.29) is 11.8 Å². The van der Waals surface area contributed by atoms with Crippen molar-refractivity contribution in [2.45, 2.75) is 38.1 Å². The van der Waals surface area contributed by atoms with Crippen LogP contribution in [0.1, 0.15) is 42.6 Å². The molecule has 1 saturated carbocycles. The number of carbonyl (C=O) groups excluding carboxylic acids is 1. The SMILES string of the molecule is N#CC(NC(=O)c1csnn1)C1CCCCC1. The lowest BCUT2D eigenvalue weighted by Gasteiger charge is -2.25. The zero-order valence-corrected chi connectivity index (χ0v) is 10.2. The lowest BCUT2D eigenvalue weighted by atomic mass is 9.84. The maximum absolute atomic E-state index is 11.8. The minimum Gasteiger partial charge on any atom is -0.335 e. The van der Waals surface area contributed by atoms with Crippen molar-refractivity contribution >= 4 is 17.4 Å². The van der Waals surface area contributed by atoms with Crippen LogP contribution >= 0.6 is 11.5 Å². The van der Waals surface area contributed by atoms with Crippen molar-refractivity contribution in [1.29, 1.82) is 5.26 Å². The first-order valence-electron chi connectivity index (χ1n) is 5.79. The molecular formula is C11H14N4OS. The van der Waals surface area contributed by atoms with Gasteiger partial charge in [-0.25, -0.2) is 0 Å². The van der Waals surface area contributed by atoms with Crippen molar-refractivity contribution in [2.24, 2.45) is 5.92 Å². The lowest BCUT2D eigenvalue weighted by molar-refractivity contribution is 0.0924. The summed E-state index contributed by atoms with van der Waals surface area (Å²) in [6, 6.07) is 1.79. The van der Waals surface area contributed by atoms with E-state index in [1.54, 1.807) is 5.38 Å². The van der Waals surface area contributed by atoms with Gasteiger partial charge in [0.15, 0.2) is 5.69 Å². The molecule has 90 valence electrons. The summed E-state index contributed by atoms with van der Waals surface area (Å²) >= 11 is 1.13. The Balaban J connectivity index is 1.95. The van der Waals surface area contributed by atoms with Gasteiger partial charge >= 0.3 is 0 Å². The predicted octanol–water partition coefficient (Wildman–Crippen LogP) is 1.74. The van der Waals surface area contributed by atoms with Gasteiger partial charge in [-0.3, -0.25) is 4.79 Å². The van der Waals surface area contributed by atoms with Gasteiger partial charge in [-0.15, -0.1) is 5.10 Å². The third-order valence-electron chi connectivity index (χ3n) is 3.14. The maximum atomic E-state index is 11.8. The smallest absolute Gasteiger partial charge is 0.273 e. The molecule has 1 N–H and O–H groups in total. The van der Waals surface area contributed by atoms with Gasteiger partial charge in [0.2, 0.25) is 0 Å². The second kappa shape index (κ2) is 5.73. The van der Waals surface area contributed by atoms with Crippen molar-refractivity contribution in [3.8, 4) is 6.07 Å². The van der Waals surface area contributed by atoms with Crippen LogP contribution in [-0.4, -0.2) is 21.5 Å². The van der Waals surface area contributed by atoms with Crippen LogP contribution < -0.4 is 5.32 Å². The standard InChI is InChI=1S/C11H14N4OS/c12-6-9(8-4-2-1-3-5-8)13-11(16)10-7-17-15-14-10/h7-9H,1-5H2,(H,13,16). The number of aromatic nitrogens is 2. The Kier molecular flexibility index (Phi) is 4.04. The summed E-state index contributed by atoms with van der Waals surface area (Å²) in [4.78, 5) is 11.8. The predicted molar refractivity (Wildman–Crippen MR) is 63.4 cm³/mol. The number of hydrogen-bond acceptors (Lipinski definition) is 5. The Morgan fingerprint density at radius 3 is 2.88 bits per heavy atom. The first-order chi connectivity index (χ1) is 8.31. The monoisotopic (exact) mass is 250 g/mol. The van der Waals surface area contributed by atoms with Crippen LogP contribution in [0.3, 0.4) is 0 Å². The molecule has 1 unspecified atom stereocenters. The van der Waals surface area contributed by atoms with Gasteiger partial charge in [0.05, 0.1) is 6.07 Å². The molecular weight excluding hydrogens is 236 g/mol. The van der Waals surface area contributed by atoms with E-state index >= 15 is 0 Å². The van der Waals surface area contributed by atoms with Crippen LogP contribution in [0, 0.1) is 17.2 Å². The van der Waals surface area contributed by atoms with Gasteiger partial charge in [-0.2, -0.15) is 5.26 Å². The summed E-state index contributed by atoms with van der Waals surface area (Å²) in [6.07, 6.45) is 5.58. The van der Waals surface area contributed by atoms with E-state index in [2.05, 4.69) is 21.0 Å². The van der Waals surface area contributed by atoms with Gasteiger partial charge in [-0.1, -0.05) is 23.8 Å². The fraction of sp³-hybridized carbons (Fsp3) is 0.636. The zero-order chi connectivity index (χ0) is 12.1. The van der Waals surface area contributed by atoms with Gasteiger partial charge in [0.25, 0.3) is 5.91 Å². The van der Waals surface area contributed by atoms with Crippen molar-refractivity contribution in [2.75, 3.05) is 0 Å². The van der Waals surface area contributed by atoms with E-state index in [0.717, 1.165) is 37.2 Å². The molecule has 5 nitrogen and oxygen atoms in total. The quantitative estimate of drug-likeness (QED) is 0.886. The van der Waals surface area contributed by atoms with Crippen molar-refractivity contribution in [3.63, 3.8) is 0 Å². The lowest BCUT2D eigenvalue weighted by Crippen LogP contribution is -2.40. The molecule has 0 spiro atoms. The molecule has 0 aliphatic heterocycles. The molecule has 17 heavy (non-hydrogen) atoms. The van der Waals surface area contributed by atoms with Gasteiger partial charge in [-0.05, 0) is 30.3 Å². The Morgan fingerprint density at radius 1 is 1.53 bits per heavy atom. The number of rotatable bonds is 3. The summed E-state index contributed by atoms with van der Waals surface area (Å²) in [5.41, 5.74) is 0.297. The maximum Gasteiger partial charge on any atom is 0.273 e. The highest BCUT2D eigenvalue weighted by atomic mass is 32.1. The van der Waals surface area contributed by atoms with E-state index < -0.39 is 6.04 Å². The summed E-state index contributed by atoms with van der Waals surface area (Å²) in [6.45, 7) is 0. The number of nitriles is 1. The number of amides is 1. The first-order valence-corrected chi connectivity index (χ1v) is 6.62. The first kappa shape index (κ1) is 12.0. The molecule has 1 heterocycles. The molecule has 1 aliphatic carbocycles. The van der Waals surface area contributed by atoms with E-state index in [1.807, 2.05) is 0 Å². The third-order valence-corrected chi connectivity index (χ3v) is 3.64. The topological polar surface area (TPSA) is 78.7 Å². The summed E-state index contributed by atoms with van der Waals surface area (Å²) in [5, 5.41) is 17.2. The molecule has 0 bridgehead atoms. The summed E-state index contributed by atoms with van der Waals surface area (Å²) < 4.78 is 3.64. The molecule has 0 radical (unpaired) electrons. The second-order valence-electron chi connectivity index (χ2n) is 4.27. The second-order valence-corrected chi connectivity index (χ2v) is 4.88. The molecule has 6 heteroatoms. The molecule has 1 aromatic heterocycles. The van der Waals surface area contributed by atoms with E-state index in [4.69, 9.17) is 5.26 Å². The van der Waals surface area contributed by atoms with Crippen molar-refractivity contribution in [1.82, 2.24) is 14.9 Å². The highest BCUT2D eigenvalue weighted by Crippen LogP contribution is 2.26. The fourth-order valence-corrected chi connectivity index (χ4v) is 2.64. The molecule has 0 aromatic carbocycles. The van der Waals surface area contributed by atoms with Crippen LogP contribution in [0.25, 0.3) is 0 Å². The Bertz CT molecular complexity index is 406. The molecule has 1 aromatic rings. The van der Waals surface area contributed by atoms with Crippen LogP contribution in [0.4, 0.5) is 0 Å². The van der Waals surface area contributed by atoms with Crippen LogP contribution in [-0.2, 0) is 0 Å². The normalized spacial score (nSPS) is 18.3. The van der Waals surface area contributed by atoms with Crippen molar-refractivity contribution < 1.29 is 4.79 Å². The Hall–Kier alpha value is -1.48. The number of nitrogens with one attached hydrogen (secondary N) is 1. The summed E-state index contributed by atoms with van der Waals surface area (Å²) in [5.74, 6) is -0.0137. The van der Waals surface area contributed by atoms with Crippen LogP contribution in [0.15, 0.2) is 5.38 Å². The average molecular weight is 250 g/mol. The molecule has 2 rings (SSSR count). The average Bonchev–Trinajstić information content (AvgIpc) is 2.90. The van der Waals surface area contributed by atoms with Crippen LogP contribution in [0.2, 0.25) is 0 Å². The van der Waals surface area contributed by atoms with E-state index in [1.165, 1.54) is 6.42 Å². The van der Waals surface area contributed by atoms with Crippen molar-refractivity contribution in [3.05, 3.63) is 11.1 Å².